The highest BCUT2D eigenvalue weighted by atomic mass is 32.2. The van der Waals surface area contributed by atoms with E-state index in [2.05, 4.69) is 15.4 Å². The van der Waals surface area contributed by atoms with Crippen molar-refractivity contribution in [3.63, 3.8) is 0 Å². The Hall–Kier alpha value is -1.50. The minimum Gasteiger partial charge on any atom is -0.361 e. The van der Waals surface area contributed by atoms with Crippen LogP contribution in [0.15, 0.2) is 9.68 Å². The van der Waals surface area contributed by atoms with Crippen LogP contribution in [0.2, 0.25) is 0 Å². The molecule has 2 aliphatic rings. The van der Waals surface area contributed by atoms with Crippen LogP contribution in [0.25, 0.3) is 0 Å². The van der Waals surface area contributed by atoms with E-state index in [1.54, 1.807) is 16.4 Å². The zero-order valence-electron chi connectivity index (χ0n) is 13.3. The predicted molar refractivity (Wildman–Crippen MR) is 88.7 cm³/mol. The fraction of sp³-hybridized carbons (Fsp3) is 0.688. The SMILES string of the molecule is Nn1c(SCc2noc3c2CCCC3)nnc1C1CCCCC1. The lowest BCUT2D eigenvalue weighted by molar-refractivity contribution is 0.369. The molecule has 124 valence electrons. The lowest BCUT2D eigenvalue weighted by Gasteiger charge is -2.20. The molecule has 2 heterocycles. The molecule has 0 amide bonds. The summed E-state index contributed by atoms with van der Waals surface area (Å²) in [6.45, 7) is 0. The predicted octanol–water partition coefficient (Wildman–Crippen LogP) is 3.20. The molecule has 2 N–H and O–H groups in total. The molecule has 7 heteroatoms. The van der Waals surface area contributed by atoms with Gasteiger partial charge in [0.05, 0.1) is 5.69 Å². The van der Waals surface area contributed by atoms with Gasteiger partial charge in [0.15, 0.2) is 5.82 Å². The number of fused-ring (bicyclic) bond motifs is 1. The molecule has 2 aromatic heterocycles. The third kappa shape index (κ3) is 2.98. The highest BCUT2D eigenvalue weighted by molar-refractivity contribution is 7.98. The minimum atomic E-state index is 0.468. The monoisotopic (exact) mass is 333 g/mol. The summed E-state index contributed by atoms with van der Waals surface area (Å²) in [6.07, 6.45) is 10.8. The molecule has 6 nitrogen and oxygen atoms in total. The van der Waals surface area contributed by atoms with Crippen molar-refractivity contribution in [3.05, 3.63) is 22.8 Å². The van der Waals surface area contributed by atoms with Gasteiger partial charge in [-0.1, -0.05) is 36.2 Å². The Bertz CT molecular complexity index is 674. The molecule has 0 spiro atoms. The lowest BCUT2D eigenvalue weighted by atomic mass is 9.89. The molecule has 2 aliphatic carbocycles. The van der Waals surface area contributed by atoms with Crippen LogP contribution in [0.4, 0.5) is 0 Å². The van der Waals surface area contributed by atoms with Crippen LogP contribution >= 0.6 is 11.8 Å². The number of nitrogen functional groups attached to an aromatic ring is 1. The average Bonchev–Trinajstić information content (AvgIpc) is 3.17. The first-order valence-corrected chi connectivity index (χ1v) is 9.61. The Morgan fingerprint density at radius 1 is 1.09 bits per heavy atom. The molecular weight excluding hydrogens is 310 g/mol. The third-order valence-electron chi connectivity index (χ3n) is 5.03. The fourth-order valence-electron chi connectivity index (χ4n) is 3.72. The molecule has 0 aliphatic heterocycles. The summed E-state index contributed by atoms with van der Waals surface area (Å²) in [5.41, 5.74) is 2.35. The Labute approximate surface area is 140 Å². The summed E-state index contributed by atoms with van der Waals surface area (Å²) in [6, 6.07) is 0. The minimum absolute atomic E-state index is 0.468. The third-order valence-corrected chi connectivity index (χ3v) is 5.99. The summed E-state index contributed by atoms with van der Waals surface area (Å²) >= 11 is 1.60. The lowest BCUT2D eigenvalue weighted by Crippen LogP contribution is -2.18. The second kappa shape index (κ2) is 6.55. The molecule has 0 unspecified atom stereocenters. The van der Waals surface area contributed by atoms with Crippen molar-refractivity contribution in [2.75, 3.05) is 5.84 Å². The van der Waals surface area contributed by atoms with Crippen LogP contribution in [0, 0.1) is 0 Å². The van der Waals surface area contributed by atoms with E-state index in [9.17, 15) is 0 Å². The van der Waals surface area contributed by atoms with Gasteiger partial charge < -0.3 is 10.4 Å². The van der Waals surface area contributed by atoms with Crippen molar-refractivity contribution in [1.82, 2.24) is 20.0 Å². The summed E-state index contributed by atoms with van der Waals surface area (Å²) in [7, 11) is 0. The first-order valence-electron chi connectivity index (χ1n) is 8.62. The molecular formula is C16H23N5OS. The molecule has 0 aromatic carbocycles. The van der Waals surface area contributed by atoms with Crippen molar-refractivity contribution < 1.29 is 4.52 Å². The van der Waals surface area contributed by atoms with Gasteiger partial charge in [0.25, 0.3) is 0 Å². The van der Waals surface area contributed by atoms with Gasteiger partial charge in [0.1, 0.15) is 5.76 Å². The average molecular weight is 333 g/mol. The van der Waals surface area contributed by atoms with Gasteiger partial charge in [-0.25, -0.2) is 4.68 Å². The molecule has 0 bridgehead atoms. The van der Waals surface area contributed by atoms with Crippen LogP contribution in [0.3, 0.4) is 0 Å². The normalized spacial score (nSPS) is 19.0. The van der Waals surface area contributed by atoms with Crippen molar-refractivity contribution in [2.24, 2.45) is 0 Å². The van der Waals surface area contributed by atoms with Crippen LogP contribution < -0.4 is 5.84 Å². The number of rotatable bonds is 4. The zero-order valence-corrected chi connectivity index (χ0v) is 14.1. The Kier molecular flexibility index (Phi) is 4.29. The zero-order chi connectivity index (χ0) is 15.6. The van der Waals surface area contributed by atoms with Crippen molar-refractivity contribution in [2.45, 2.75) is 74.6 Å². The summed E-state index contributed by atoms with van der Waals surface area (Å²) in [5.74, 6) is 9.47. The van der Waals surface area contributed by atoms with Crippen LogP contribution in [0.5, 0.6) is 0 Å². The molecule has 1 fully saturated rings. The molecule has 0 saturated heterocycles. The topological polar surface area (TPSA) is 82.8 Å². The molecule has 0 radical (unpaired) electrons. The van der Waals surface area contributed by atoms with E-state index < -0.39 is 0 Å². The number of hydrogen-bond donors (Lipinski definition) is 1. The molecule has 1 saturated carbocycles. The molecule has 2 aromatic rings. The van der Waals surface area contributed by atoms with E-state index in [0.29, 0.717) is 5.92 Å². The van der Waals surface area contributed by atoms with E-state index >= 15 is 0 Å². The standard InChI is InChI=1S/C16H23N5OS/c17-21-15(11-6-2-1-3-7-11)18-19-16(21)23-10-13-12-8-4-5-9-14(12)22-20-13/h11H,1-10,17H2. The van der Waals surface area contributed by atoms with Crippen LogP contribution in [0.1, 0.15) is 73.7 Å². The van der Waals surface area contributed by atoms with E-state index in [4.69, 9.17) is 10.4 Å². The number of nitrogens with zero attached hydrogens (tertiary/aromatic N) is 4. The fourth-order valence-corrected chi connectivity index (χ4v) is 4.55. The van der Waals surface area contributed by atoms with E-state index in [0.717, 1.165) is 41.0 Å². The summed E-state index contributed by atoms with van der Waals surface area (Å²) in [5, 5.41) is 13.7. The van der Waals surface area contributed by atoms with Gasteiger partial charge in [0, 0.05) is 23.7 Å². The first-order chi connectivity index (χ1) is 11.3. The molecule has 0 atom stereocenters. The quantitative estimate of drug-likeness (QED) is 0.683. The maximum absolute atomic E-state index is 6.24. The summed E-state index contributed by atoms with van der Waals surface area (Å²) < 4.78 is 7.16. The van der Waals surface area contributed by atoms with Gasteiger partial charge in [0.2, 0.25) is 5.16 Å². The van der Waals surface area contributed by atoms with Gasteiger partial charge in [-0.2, -0.15) is 0 Å². The highest BCUT2D eigenvalue weighted by Gasteiger charge is 2.24. The van der Waals surface area contributed by atoms with Gasteiger partial charge >= 0.3 is 0 Å². The number of thioether (sulfide) groups is 1. The Balaban J connectivity index is 1.45. The number of hydrogen-bond acceptors (Lipinski definition) is 6. The van der Waals surface area contributed by atoms with Crippen LogP contribution in [-0.4, -0.2) is 20.0 Å². The van der Waals surface area contributed by atoms with E-state index in [1.807, 2.05) is 0 Å². The second-order valence-electron chi connectivity index (χ2n) is 6.57. The van der Waals surface area contributed by atoms with E-state index in [1.165, 1.54) is 50.5 Å². The Morgan fingerprint density at radius 3 is 2.78 bits per heavy atom. The van der Waals surface area contributed by atoms with E-state index in [-0.39, 0.29) is 0 Å². The van der Waals surface area contributed by atoms with Crippen molar-refractivity contribution in [1.29, 1.82) is 0 Å². The number of aryl methyl sites for hydroxylation is 1. The number of nitrogens with two attached hydrogens (primary N) is 1. The second-order valence-corrected chi connectivity index (χ2v) is 7.51. The first kappa shape index (κ1) is 15.1. The van der Waals surface area contributed by atoms with Gasteiger partial charge in [-0.15, -0.1) is 10.2 Å². The summed E-state index contributed by atoms with van der Waals surface area (Å²) in [4.78, 5) is 0. The van der Waals surface area contributed by atoms with Gasteiger partial charge in [-0.05, 0) is 32.1 Å². The maximum atomic E-state index is 6.24. The molecule has 23 heavy (non-hydrogen) atoms. The van der Waals surface area contributed by atoms with Gasteiger partial charge in [-0.3, -0.25) is 0 Å². The highest BCUT2D eigenvalue weighted by Crippen LogP contribution is 2.33. The Morgan fingerprint density at radius 2 is 1.91 bits per heavy atom. The smallest absolute Gasteiger partial charge is 0.210 e. The van der Waals surface area contributed by atoms with Crippen molar-refractivity contribution >= 4 is 11.8 Å². The number of aromatic nitrogens is 4. The van der Waals surface area contributed by atoms with Crippen molar-refractivity contribution in [3.8, 4) is 0 Å². The van der Waals surface area contributed by atoms with Crippen LogP contribution in [-0.2, 0) is 18.6 Å². The largest absolute Gasteiger partial charge is 0.361 e. The molecule has 4 rings (SSSR count). The maximum Gasteiger partial charge on any atom is 0.210 e.